The Balaban J connectivity index is 0.00000341. The summed E-state index contributed by atoms with van der Waals surface area (Å²) < 4.78 is 25.3. The van der Waals surface area contributed by atoms with Crippen molar-refractivity contribution >= 4 is 66.4 Å². The van der Waals surface area contributed by atoms with Crippen LogP contribution in [0.25, 0.3) is 10.2 Å². The van der Waals surface area contributed by atoms with E-state index in [-0.39, 0.29) is 28.8 Å². The highest BCUT2D eigenvalue weighted by Crippen LogP contribution is 2.36. The van der Waals surface area contributed by atoms with Gasteiger partial charge in [-0.05, 0) is 57.7 Å². The highest BCUT2D eigenvalue weighted by Gasteiger charge is 2.26. The number of aromatic nitrogens is 1. The van der Waals surface area contributed by atoms with E-state index in [9.17, 15) is 13.2 Å². The van der Waals surface area contributed by atoms with Crippen molar-refractivity contribution in [1.82, 2.24) is 9.88 Å². The average molecular weight is 502 g/mol. The van der Waals surface area contributed by atoms with Gasteiger partial charge in [-0.25, -0.2) is 13.4 Å². The molecule has 168 valence electrons. The smallest absolute Gasteiger partial charge is 0.261 e. The van der Waals surface area contributed by atoms with E-state index in [2.05, 4.69) is 4.98 Å². The lowest BCUT2D eigenvalue weighted by molar-refractivity contribution is 0.0983. The van der Waals surface area contributed by atoms with Crippen molar-refractivity contribution < 1.29 is 13.2 Å². The zero-order valence-corrected chi connectivity index (χ0v) is 21.0. The number of aryl methyl sites for hydroxylation is 1. The molecule has 0 unspecified atom stereocenters. The molecule has 0 aliphatic heterocycles. The molecule has 0 saturated carbocycles. The summed E-state index contributed by atoms with van der Waals surface area (Å²) in [5, 5.41) is 1.09. The molecule has 0 spiro atoms. The van der Waals surface area contributed by atoms with Gasteiger partial charge in [-0.1, -0.05) is 41.1 Å². The number of thiazole rings is 1. The van der Waals surface area contributed by atoms with Crippen LogP contribution in [0.4, 0.5) is 5.13 Å². The van der Waals surface area contributed by atoms with Crippen LogP contribution < -0.4 is 4.90 Å². The molecule has 10 heteroatoms. The molecule has 0 fully saturated rings. The number of carbonyl (C=O) groups excluding carboxylic acids is 1. The molecule has 2 aromatic carbocycles. The zero-order valence-electron chi connectivity index (χ0n) is 17.8. The molecule has 0 radical (unpaired) electrons. The van der Waals surface area contributed by atoms with Crippen molar-refractivity contribution in [3.8, 4) is 0 Å². The highest BCUT2D eigenvalue weighted by molar-refractivity contribution is 7.90. The van der Waals surface area contributed by atoms with Crippen LogP contribution in [-0.4, -0.2) is 57.6 Å². The SMILES string of the molecule is Cc1ccc(Cl)c2sc(N(CCCN(C)C)C(=O)c3ccccc3S(C)(=O)=O)nc12.Cl. The third-order valence-corrected chi connectivity index (χ3v) is 7.36. The monoisotopic (exact) mass is 501 g/mol. The maximum absolute atomic E-state index is 13.5. The molecule has 31 heavy (non-hydrogen) atoms. The number of carbonyl (C=O) groups is 1. The highest BCUT2D eigenvalue weighted by atomic mass is 35.5. The van der Waals surface area contributed by atoms with Gasteiger partial charge in [0, 0.05) is 12.8 Å². The fraction of sp³-hybridized carbons (Fsp3) is 0.333. The van der Waals surface area contributed by atoms with E-state index in [1.165, 1.54) is 17.4 Å². The van der Waals surface area contributed by atoms with Crippen molar-refractivity contribution in [3.05, 3.63) is 52.5 Å². The number of sulfone groups is 1. The standard InChI is InChI=1S/C21H24ClN3O3S2.ClH/c1-14-10-11-16(22)19-18(14)23-21(29-19)25(13-7-12-24(2)3)20(26)15-8-5-6-9-17(15)30(4,27)28;/h5-6,8-11H,7,12-13H2,1-4H3;1H. The lowest BCUT2D eigenvalue weighted by atomic mass is 10.2. The van der Waals surface area contributed by atoms with Crippen molar-refractivity contribution in [1.29, 1.82) is 0 Å². The number of hydrogen-bond donors (Lipinski definition) is 0. The van der Waals surface area contributed by atoms with Gasteiger partial charge >= 0.3 is 0 Å². The van der Waals surface area contributed by atoms with E-state index >= 15 is 0 Å². The first-order valence-electron chi connectivity index (χ1n) is 9.41. The Labute approximate surface area is 198 Å². The summed E-state index contributed by atoms with van der Waals surface area (Å²) in [7, 11) is 0.368. The van der Waals surface area contributed by atoms with Crippen LogP contribution in [0.15, 0.2) is 41.3 Å². The number of anilines is 1. The first kappa shape index (κ1) is 25.5. The van der Waals surface area contributed by atoms with Crippen LogP contribution >= 0.6 is 35.3 Å². The molecular formula is C21H25Cl2N3O3S2. The Morgan fingerprint density at radius 2 is 1.81 bits per heavy atom. The largest absolute Gasteiger partial charge is 0.309 e. The number of hydrogen-bond acceptors (Lipinski definition) is 6. The molecule has 3 aromatic rings. The topological polar surface area (TPSA) is 70.6 Å². The summed E-state index contributed by atoms with van der Waals surface area (Å²) in [6.45, 7) is 3.13. The van der Waals surface area contributed by atoms with Crippen LogP contribution in [0.2, 0.25) is 5.02 Å². The Morgan fingerprint density at radius 3 is 2.42 bits per heavy atom. The van der Waals surface area contributed by atoms with Gasteiger partial charge < -0.3 is 4.90 Å². The Hall–Kier alpha value is -1.71. The van der Waals surface area contributed by atoms with Gasteiger partial charge in [-0.3, -0.25) is 9.69 Å². The minimum Gasteiger partial charge on any atom is -0.309 e. The van der Waals surface area contributed by atoms with Gasteiger partial charge in [0.25, 0.3) is 5.91 Å². The van der Waals surface area contributed by atoms with E-state index in [1.807, 2.05) is 38.1 Å². The second-order valence-electron chi connectivity index (χ2n) is 7.42. The van der Waals surface area contributed by atoms with E-state index in [4.69, 9.17) is 11.6 Å². The quantitative estimate of drug-likeness (QED) is 0.469. The molecule has 0 aliphatic carbocycles. The van der Waals surface area contributed by atoms with Crippen LogP contribution in [0.5, 0.6) is 0 Å². The van der Waals surface area contributed by atoms with Gasteiger partial charge in [0.05, 0.1) is 25.7 Å². The fourth-order valence-electron chi connectivity index (χ4n) is 3.15. The maximum atomic E-state index is 13.5. The first-order valence-corrected chi connectivity index (χ1v) is 12.5. The van der Waals surface area contributed by atoms with Crippen molar-refractivity contribution in [2.75, 3.05) is 38.3 Å². The van der Waals surface area contributed by atoms with Gasteiger partial charge in [-0.2, -0.15) is 0 Å². The van der Waals surface area contributed by atoms with Crippen molar-refractivity contribution in [2.45, 2.75) is 18.2 Å². The molecule has 0 bridgehead atoms. The zero-order chi connectivity index (χ0) is 22.1. The van der Waals surface area contributed by atoms with Crippen LogP contribution in [0, 0.1) is 6.92 Å². The fourth-order valence-corrected chi connectivity index (χ4v) is 5.37. The number of halogens is 2. The number of nitrogens with zero attached hydrogens (tertiary/aromatic N) is 3. The summed E-state index contributed by atoms with van der Waals surface area (Å²) in [6.07, 6.45) is 1.82. The maximum Gasteiger partial charge on any atom is 0.261 e. The van der Waals surface area contributed by atoms with Crippen LogP contribution in [0.3, 0.4) is 0 Å². The number of benzene rings is 2. The van der Waals surface area contributed by atoms with Crippen LogP contribution in [-0.2, 0) is 9.84 Å². The van der Waals surface area contributed by atoms with Gasteiger partial charge in [-0.15, -0.1) is 12.4 Å². The predicted molar refractivity (Wildman–Crippen MR) is 131 cm³/mol. The molecular weight excluding hydrogens is 477 g/mol. The minimum atomic E-state index is -3.56. The van der Waals surface area contributed by atoms with E-state index < -0.39 is 9.84 Å². The molecule has 0 N–H and O–H groups in total. The summed E-state index contributed by atoms with van der Waals surface area (Å²) in [5.41, 5.74) is 1.87. The number of fused-ring (bicyclic) bond motifs is 1. The molecule has 0 saturated heterocycles. The van der Waals surface area contributed by atoms with Crippen LogP contribution in [0.1, 0.15) is 22.3 Å². The molecule has 1 amide bonds. The normalized spacial score (nSPS) is 11.5. The lowest BCUT2D eigenvalue weighted by Gasteiger charge is -2.22. The summed E-state index contributed by atoms with van der Waals surface area (Å²) in [6, 6.07) is 10.00. The summed E-state index contributed by atoms with van der Waals surface area (Å²) in [4.78, 5) is 21.8. The average Bonchev–Trinajstić information content (AvgIpc) is 3.13. The molecule has 1 aromatic heterocycles. The number of rotatable bonds is 7. The first-order chi connectivity index (χ1) is 14.1. The Kier molecular flexibility index (Phi) is 8.47. The molecule has 0 atom stereocenters. The van der Waals surface area contributed by atoms with E-state index in [0.717, 1.165) is 28.6 Å². The van der Waals surface area contributed by atoms with Gasteiger partial charge in [0.2, 0.25) is 0 Å². The number of amides is 1. The minimum absolute atomic E-state index is 0. The molecule has 6 nitrogen and oxygen atoms in total. The van der Waals surface area contributed by atoms with E-state index in [1.54, 1.807) is 23.1 Å². The summed E-state index contributed by atoms with van der Waals surface area (Å²) in [5.74, 6) is -0.386. The van der Waals surface area contributed by atoms with Crippen molar-refractivity contribution in [2.24, 2.45) is 0 Å². The third kappa shape index (κ3) is 5.75. The Morgan fingerprint density at radius 1 is 1.13 bits per heavy atom. The molecule has 1 heterocycles. The van der Waals surface area contributed by atoms with E-state index in [0.29, 0.717) is 23.1 Å². The van der Waals surface area contributed by atoms with Gasteiger partial charge in [0.15, 0.2) is 15.0 Å². The third-order valence-electron chi connectivity index (χ3n) is 4.67. The Bertz CT molecular complexity index is 1150. The molecule has 0 aliphatic rings. The second kappa shape index (κ2) is 10.3. The van der Waals surface area contributed by atoms with Crippen molar-refractivity contribution in [3.63, 3.8) is 0 Å². The lowest BCUT2D eigenvalue weighted by Crippen LogP contribution is -2.34. The summed E-state index contributed by atoms with van der Waals surface area (Å²) >= 11 is 7.70. The molecule has 3 rings (SSSR count). The second-order valence-corrected chi connectivity index (χ2v) is 10.8. The van der Waals surface area contributed by atoms with Gasteiger partial charge in [0.1, 0.15) is 0 Å². The predicted octanol–water partition coefficient (Wildman–Crippen LogP) is 4.68.